The van der Waals surface area contributed by atoms with Crippen LogP contribution >= 0.6 is 11.6 Å². The number of hydrogen-bond donors (Lipinski definition) is 2. The molecule has 6 nitrogen and oxygen atoms in total. The van der Waals surface area contributed by atoms with E-state index in [1.165, 1.54) is 17.0 Å². The highest BCUT2D eigenvalue weighted by molar-refractivity contribution is 6.32. The van der Waals surface area contributed by atoms with Gasteiger partial charge in [0.05, 0.1) is 17.1 Å². The van der Waals surface area contributed by atoms with Gasteiger partial charge in [-0.15, -0.1) is 0 Å². The highest BCUT2D eigenvalue weighted by atomic mass is 35.5. The maximum Gasteiger partial charge on any atom is 0.417 e. The Hall–Kier alpha value is -2.00. The first-order chi connectivity index (χ1) is 13.2. The Morgan fingerprint density at radius 2 is 2.00 bits per heavy atom. The molecule has 0 aliphatic carbocycles. The van der Waals surface area contributed by atoms with E-state index in [1.807, 2.05) is 0 Å². The van der Waals surface area contributed by atoms with Gasteiger partial charge in [-0.25, -0.2) is 4.79 Å². The lowest BCUT2D eigenvalue weighted by Crippen LogP contribution is -2.44. The normalized spacial score (nSPS) is 21.3. The van der Waals surface area contributed by atoms with Crippen molar-refractivity contribution < 1.29 is 22.8 Å². The minimum absolute atomic E-state index is 0.0897. The fourth-order valence-electron chi connectivity index (χ4n) is 3.64. The van der Waals surface area contributed by atoms with Gasteiger partial charge in [0.25, 0.3) is 0 Å². The number of nitrogens with zero attached hydrogens (tertiary/aromatic N) is 2. The van der Waals surface area contributed by atoms with E-state index in [1.54, 1.807) is 11.9 Å². The molecule has 10 heteroatoms. The monoisotopic (exact) mass is 418 g/mol. The number of rotatable bonds is 4. The van der Waals surface area contributed by atoms with Crippen LogP contribution in [-0.4, -0.2) is 60.5 Å². The zero-order valence-corrected chi connectivity index (χ0v) is 16.1. The van der Waals surface area contributed by atoms with Gasteiger partial charge in [0.1, 0.15) is 6.04 Å². The summed E-state index contributed by atoms with van der Waals surface area (Å²) in [6, 6.07) is 2.78. The molecule has 3 rings (SSSR count). The number of carbonyl (C=O) groups excluding carboxylic acids is 2. The number of halogens is 4. The Labute approximate surface area is 166 Å². The molecule has 154 valence electrons. The summed E-state index contributed by atoms with van der Waals surface area (Å²) in [5.74, 6) is -0.416. The molecular weight excluding hydrogens is 397 g/mol. The van der Waals surface area contributed by atoms with Gasteiger partial charge < -0.3 is 20.4 Å². The first-order valence-electron chi connectivity index (χ1n) is 9.06. The van der Waals surface area contributed by atoms with Crippen molar-refractivity contribution in [3.05, 3.63) is 34.3 Å². The summed E-state index contributed by atoms with van der Waals surface area (Å²) < 4.78 is 38.9. The second-order valence-electron chi connectivity index (χ2n) is 7.04. The number of benzene rings is 1. The van der Waals surface area contributed by atoms with Crippen molar-refractivity contribution in [2.24, 2.45) is 0 Å². The molecule has 28 heavy (non-hydrogen) atoms. The maximum atomic E-state index is 13.0. The van der Waals surface area contributed by atoms with E-state index in [0.717, 1.165) is 32.0 Å². The summed E-state index contributed by atoms with van der Waals surface area (Å²) in [6.07, 6.45) is -2.91. The number of hydrogen-bond acceptors (Lipinski definition) is 3. The maximum absolute atomic E-state index is 13.0. The van der Waals surface area contributed by atoms with E-state index in [2.05, 4.69) is 10.6 Å². The van der Waals surface area contributed by atoms with Crippen LogP contribution in [0.2, 0.25) is 5.02 Å². The molecular formula is C18H22ClF3N4O2. The predicted octanol–water partition coefficient (Wildman–Crippen LogP) is 2.46. The Bertz CT molecular complexity index is 753. The van der Waals surface area contributed by atoms with Crippen molar-refractivity contribution in [3.8, 4) is 0 Å². The topological polar surface area (TPSA) is 64.7 Å². The Balaban J connectivity index is 1.65. The van der Waals surface area contributed by atoms with E-state index < -0.39 is 28.7 Å². The van der Waals surface area contributed by atoms with Crippen molar-refractivity contribution in [2.75, 3.05) is 26.7 Å². The quantitative estimate of drug-likeness (QED) is 0.789. The van der Waals surface area contributed by atoms with Crippen molar-refractivity contribution in [1.29, 1.82) is 0 Å². The van der Waals surface area contributed by atoms with Gasteiger partial charge in [-0.3, -0.25) is 4.79 Å². The number of amides is 3. The standard InChI is InChI=1S/C18H22ClF3N4O2/c1-25-14(10-26(17(25)28)12-5-7-23-8-6-12)16(27)24-9-11-3-2-4-13(15(11)19)18(20,21)22/h2-4,12,14,23H,5-10H2,1H3,(H,24,27). The van der Waals surface area contributed by atoms with Gasteiger partial charge in [-0.1, -0.05) is 23.7 Å². The molecule has 0 bridgehead atoms. The lowest BCUT2D eigenvalue weighted by Gasteiger charge is -2.30. The van der Waals surface area contributed by atoms with E-state index >= 15 is 0 Å². The molecule has 0 aromatic heterocycles. The summed E-state index contributed by atoms with van der Waals surface area (Å²) in [5, 5.41) is 5.42. The highest BCUT2D eigenvalue weighted by Crippen LogP contribution is 2.36. The number of nitrogens with one attached hydrogen (secondary N) is 2. The molecule has 2 heterocycles. The third-order valence-corrected chi connectivity index (χ3v) is 5.72. The molecule has 2 aliphatic heterocycles. The van der Waals surface area contributed by atoms with E-state index in [4.69, 9.17) is 11.6 Å². The van der Waals surface area contributed by atoms with Gasteiger partial charge in [-0.05, 0) is 37.6 Å². The van der Waals surface area contributed by atoms with Crippen LogP contribution in [0.4, 0.5) is 18.0 Å². The Morgan fingerprint density at radius 1 is 1.32 bits per heavy atom. The van der Waals surface area contributed by atoms with Crippen LogP contribution < -0.4 is 10.6 Å². The Morgan fingerprint density at radius 3 is 2.64 bits per heavy atom. The highest BCUT2D eigenvalue weighted by Gasteiger charge is 2.42. The molecule has 0 saturated carbocycles. The van der Waals surface area contributed by atoms with Crippen LogP contribution in [0.15, 0.2) is 18.2 Å². The van der Waals surface area contributed by atoms with E-state index in [-0.39, 0.29) is 30.7 Å². The molecule has 1 unspecified atom stereocenters. The molecule has 2 N–H and O–H groups in total. The average Bonchev–Trinajstić information content (AvgIpc) is 2.96. The zero-order chi connectivity index (χ0) is 20.5. The summed E-state index contributed by atoms with van der Waals surface area (Å²) in [4.78, 5) is 28.2. The van der Waals surface area contributed by atoms with E-state index in [9.17, 15) is 22.8 Å². The van der Waals surface area contributed by atoms with Crippen molar-refractivity contribution >= 4 is 23.5 Å². The molecule has 2 saturated heterocycles. The third-order valence-electron chi connectivity index (χ3n) is 5.27. The lowest BCUT2D eigenvalue weighted by molar-refractivity contribution is -0.137. The molecule has 2 aliphatic rings. The van der Waals surface area contributed by atoms with Crippen LogP contribution in [0.3, 0.4) is 0 Å². The van der Waals surface area contributed by atoms with Crippen LogP contribution in [0, 0.1) is 0 Å². The molecule has 0 spiro atoms. The smallest absolute Gasteiger partial charge is 0.350 e. The molecule has 0 radical (unpaired) electrons. The van der Waals surface area contributed by atoms with Gasteiger partial charge >= 0.3 is 12.2 Å². The summed E-state index contributed by atoms with van der Waals surface area (Å²) >= 11 is 5.86. The lowest BCUT2D eigenvalue weighted by atomic mass is 10.1. The molecule has 1 atom stereocenters. The number of likely N-dealkylation sites (N-methyl/N-ethyl adjacent to an activating group) is 1. The van der Waals surface area contributed by atoms with Crippen molar-refractivity contribution in [3.63, 3.8) is 0 Å². The fraction of sp³-hybridized carbons (Fsp3) is 0.556. The number of carbonyl (C=O) groups is 2. The SMILES string of the molecule is CN1C(=O)N(C2CCNCC2)CC1C(=O)NCc1cccc(C(F)(F)F)c1Cl. The van der Waals surface area contributed by atoms with Gasteiger partial charge in [-0.2, -0.15) is 13.2 Å². The van der Waals surface area contributed by atoms with Crippen LogP contribution in [0.25, 0.3) is 0 Å². The van der Waals surface area contributed by atoms with Gasteiger partial charge in [0.2, 0.25) is 5.91 Å². The Kier molecular flexibility index (Phi) is 6.04. The van der Waals surface area contributed by atoms with E-state index in [0.29, 0.717) is 0 Å². The fourth-order valence-corrected chi connectivity index (χ4v) is 3.94. The van der Waals surface area contributed by atoms with Crippen molar-refractivity contribution in [1.82, 2.24) is 20.4 Å². The number of alkyl halides is 3. The second kappa shape index (κ2) is 8.16. The third kappa shape index (κ3) is 4.20. The van der Waals surface area contributed by atoms with Crippen LogP contribution in [-0.2, 0) is 17.5 Å². The molecule has 3 amide bonds. The van der Waals surface area contributed by atoms with Crippen LogP contribution in [0.5, 0.6) is 0 Å². The number of urea groups is 1. The first-order valence-corrected chi connectivity index (χ1v) is 9.44. The van der Waals surface area contributed by atoms with Gasteiger partial charge in [0.15, 0.2) is 0 Å². The van der Waals surface area contributed by atoms with Crippen LogP contribution in [0.1, 0.15) is 24.0 Å². The van der Waals surface area contributed by atoms with Crippen molar-refractivity contribution in [2.45, 2.75) is 37.6 Å². The minimum atomic E-state index is -4.56. The summed E-state index contributed by atoms with van der Waals surface area (Å²) in [7, 11) is 1.56. The first kappa shape index (κ1) is 20.7. The summed E-state index contributed by atoms with van der Waals surface area (Å²) in [6.45, 7) is 1.77. The second-order valence-corrected chi connectivity index (χ2v) is 7.42. The number of piperidine rings is 1. The molecule has 2 fully saturated rings. The molecule has 1 aromatic carbocycles. The summed E-state index contributed by atoms with van der Waals surface area (Å²) in [5.41, 5.74) is -0.766. The predicted molar refractivity (Wildman–Crippen MR) is 97.8 cm³/mol. The molecule has 1 aromatic rings. The minimum Gasteiger partial charge on any atom is -0.350 e. The largest absolute Gasteiger partial charge is 0.417 e. The zero-order valence-electron chi connectivity index (χ0n) is 15.4. The van der Waals surface area contributed by atoms with Gasteiger partial charge in [0, 0.05) is 19.6 Å². The average molecular weight is 419 g/mol.